The predicted molar refractivity (Wildman–Crippen MR) is 85.9 cm³/mol. The second-order valence-electron chi connectivity index (χ2n) is 4.76. The number of carbonyl (C=O) groups excluding carboxylic acids is 1. The molecule has 1 atom stereocenters. The molecule has 0 saturated carbocycles. The highest BCUT2D eigenvalue weighted by Gasteiger charge is 2.12. The maximum absolute atomic E-state index is 11.7. The molecule has 0 aliphatic heterocycles. The number of nitrogens with zero attached hydrogens (tertiary/aromatic N) is 2. The average molecular weight is 327 g/mol. The summed E-state index contributed by atoms with van der Waals surface area (Å²) in [5.41, 5.74) is 0. The van der Waals surface area contributed by atoms with Crippen molar-refractivity contribution in [2.24, 2.45) is 7.05 Å². The van der Waals surface area contributed by atoms with E-state index in [4.69, 9.17) is 11.6 Å². The molecule has 0 bridgehead atoms. The molecule has 2 aromatic rings. The van der Waals surface area contributed by atoms with Gasteiger partial charge in [0, 0.05) is 13.6 Å². The van der Waals surface area contributed by atoms with Gasteiger partial charge in [0.05, 0.1) is 17.1 Å². The van der Waals surface area contributed by atoms with Gasteiger partial charge in [0.2, 0.25) is 0 Å². The van der Waals surface area contributed by atoms with E-state index in [0.29, 0.717) is 11.7 Å². The van der Waals surface area contributed by atoms with Crippen molar-refractivity contribution >= 4 is 28.8 Å². The summed E-state index contributed by atoms with van der Waals surface area (Å²) in [4.78, 5) is 16.7. The van der Waals surface area contributed by atoms with Gasteiger partial charge >= 0.3 is 0 Å². The van der Waals surface area contributed by atoms with Crippen molar-refractivity contribution < 1.29 is 4.79 Å². The topological polar surface area (TPSA) is 58.9 Å². The van der Waals surface area contributed by atoms with E-state index in [0.717, 1.165) is 23.7 Å². The van der Waals surface area contributed by atoms with Crippen LogP contribution < -0.4 is 10.6 Å². The summed E-state index contributed by atoms with van der Waals surface area (Å²) in [6.45, 7) is 3.50. The van der Waals surface area contributed by atoms with Crippen LogP contribution in [0.25, 0.3) is 0 Å². The molecule has 2 N–H and O–H groups in total. The van der Waals surface area contributed by atoms with Crippen molar-refractivity contribution in [3.05, 3.63) is 39.6 Å². The molecule has 0 aliphatic carbocycles. The summed E-state index contributed by atoms with van der Waals surface area (Å²) in [6, 6.07) is 3.82. The highest BCUT2D eigenvalue weighted by Crippen LogP contribution is 2.15. The molecule has 5 nitrogen and oxygen atoms in total. The van der Waals surface area contributed by atoms with Gasteiger partial charge in [-0.15, -0.1) is 11.3 Å². The molecule has 0 fully saturated rings. The minimum Gasteiger partial charge on any atom is -0.351 e. The second kappa shape index (κ2) is 7.59. The summed E-state index contributed by atoms with van der Waals surface area (Å²) >= 11 is 7.42. The van der Waals surface area contributed by atoms with Crippen LogP contribution in [0.15, 0.2) is 23.7 Å². The maximum atomic E-state index is 11.7. The number of thiophene rings is 1. The van der Waals surface area contributed by atoms with Crippen LogP contribution in [0.1, 0.15) is 34.9 Å². The Kier molecular flexibility index (Phi) is 5.78. The third-order valence-electron chi connectivity index (χ3n) is 3.19. The van der Waals surface area contributed by atoms with Gasteiger partial charge in [-0.3, -0.25) is 4.79 Å². The molecule has 114 valence electrons. The number of aromatic nitrogens is 2. The molecular weight excluding hydrogens is 308 g/mol. The maximum Gasteiger partial charge on any atom is 0.261 e. The Morgan fingerprint density at radius 1 is 1.52 bits per heavy atom. The molecule has 2 heterocycles. The number of nitrogens with one attached hydrogen (secondary N) is 2. The van der Waals surface area contributed by atoms with Crippen LogP contribution >= 0.6 is 22.9 Å². The number of carbonyl (C=O) groups is 1. The van der Waals surface area contributed by atoms with Gasteiger partial charge in [-0.1, -0.05) is 17.7 Å². The Morgan fingerprint density at radius 3 is 2.95 bits per heavy atom. The molecule has 0 saturated heterocycles. The Balaban J connectivity index is 1.66. The van der Waals surface area contributed by atoms with Crippen LogP contribution in [0.4, 0.5) is 0 Å². The highest BCUT2D eigenvalue weighted by molar-refractivity contribution is 7.12. The van der Waals surface area contributed by atoms with Gasteiger partial charge in [-0.25, -0.2) is 4.98 Å². The van der Waals surface area contributed by atoms with E-state index in [9.17, 15) is 4.79 Å². The van der Waals surface area contributed by atoms with Crippen LogP contribution in [0, 0.1) is 0 Å². The number of hydrogen-bond acceptors (Lipinski definition) is 4. The van der Waals surface area contributed by atoms with Crippen LogP contribution in [0.2, 0.25) is 5.15 Å². The molecule has 0 radical (unpaired) electrons. The number of hydrogen-bond donors (Lipinski definition) is 2. The fraction of sp³-hybridized carbons (Fsp3) is 0.429. The molecule has 0 aliphatic rings. The molecule has 7 heteroatoms. The fourth-order valence-corrected chi connectivity index (χ4v) is 2.77. The third-order valence-corrected chi connectivity index (χ3v) is 4.41. The van der Waals surface area contributed by atoms with Gasteiger partial charge < -0.3 is 15.2 Å². The zero-order valence-electron chi connectivity index (χ0n) is 12.1. The lowest BCUT2D eigenvalue weighted by Gasteiger charge is -2.14. The monoisotopic (exact) mass is 326 g/mol. The van der Waals surface area contributed by atoms with E-state index in [1.54, 1.807) is 6.20 Å². The third kappa shape index (κ3) is 4.30. The molecule has 21 heavy (non-hydrogen) atoms. The van der Waals surface area contributed by atoms with Gasteiger partial charge in [-0.2, -0.15) is 0 Å². The summed E-state index contributed by atoms with van der Waals surface area (Å²) < 4.78 is 1.86. The van der Waals surface area contributed by atoms with Crippen LogP contribution in [-0.2, 0) is 7.05 Å². The predicted octanol–water partition coefficient (Wildman–Crippen LogP) is 2.61. The van der Waals surface area contributed by atoms with Crippen LogP contribution in [0.3, 0.4) is 0 Å². The van der Waals surface area contributed by atoms with Crippen molar-refractivity contribution in [3.63, 3.8) is 0 Å². The minimum absolute atomic E-state index is 0.00562. The summed E-state index contributed by atoms with van der Waals surface area (Å²) in [5, 5.41) is 8.80. The van der Waals surface area contributed by atoms with E-state index in [2.05, 4.69) is 15.6 Å². The molecule has 2 rings (SSSR count). The molecule has 0 aromatic carbocycles. The number of imidazole rings is 1. The van der Waals surface area contributed by atoms with Crippen molar-refractivity contribution in [2.45, 2.75) is 19.4 Å². The molecule has 2 aromatic heterocycles. The first-order chi connectivity index (χ1) is 10.1. The fourth-order valence-electron chi connectivity index (χ4n) is 2.00. The van der Waals surface area contributed by atoms with Crippen LogP contribution in [0.5, 0.6) is 0 Å². The lowest BCUT2D eigenvalue weighted by molar-refractivity contribution is 0.0957. The Labute approximate surface area is 133 Å². The lowest BCUT2D eigenvalue weighted by atomic mass is 10.3. The quantitative estimate of drug-likeness (QED) is 0.769. The Hall–Kier alpha value is -1.37. The minimum atomic E-state index is -0.00562. The molecule has 1 amide bonds. The highest BCUT2D eigenvalue weighted by atomic mass is 35.5. The largest absolute Gasteiger partial charge is 0.351 e. The average Bonchev–Trinajstić information content (AvgIpc) is 3.10. The first-order valence-electron chi connectivity index (χ1n) is 6.81. The lowest BCUT2D eigenvalue weighted by Crippen LogP contribution is -2.28. The number of rotatable bonds is 7. The van der Waals surface area contributed by atoms with Gasteiger partial charge in [0.1, 0.15) is 11.0 Å². The van der Waals surface area contributed by atoms with Gasteiger partial charge in [0.15, 0.2) is 0 Å². The van der Waals surface area contributed by atoms with Gasteiger partial charge in [0.25, 0.3) is 5.91 Å². The van der Waals surface area contributed by atoms with Crippen molar-refractivity contribution in [2.75, 3.05) is 13.1 Å². The van der Waals surface area contributed by atoms with E-state index >= 15 is 0 Å². The number of halogens is 1. The van der Waals surface area contributed by atoms with E-state index in [1.807, 2.05) is 36.1 Å². The van der Waals surface area contributed by atoms with Crippen molar-refractivity contribution in [3.8, 4) is 0 Å². The van der Waals surface area contributed by atoms with Crippen molar-refractivity contribution in [1.82, 2.24) is 20.2 Å². The summed E-state index contributed by atoms with van der Waals surface area (Å²) in [6.07, 6.45) is 2.51. The van der Waals surface area contributed by atoms with E-state index < -0.39 is 0 Å². The number of amides is 1. The van der Waals surface area contributed by atoms with Gasteiger partial charge in [-0.05, 0) is 31.3 Å². The Bertz CT molecular complexity index is 582. The normalized spacial score (nSPS) is 12.3. The summed E-state index contributed by atoms with van der Waals surface area (Å²) in [5.74, 6) is 0.900. The van der Waals surface area contributed by atoms with Crippen molar-refractivity contribution in [1.29, 1.82) is 0 Å². The first-order valence-corrected chi connectivity index (χ1v) is 8.07. The Morgan fingerprint density at radius 2 is 2.33 bits per heavy atom. The molecule has 0 spiro atoms. The standard InChI is InChI=1S/C14H19ClN4OS/c1-10(13-18-9-12(15)19(13)2)16-6-4-7-17-14(20)11-5-3-8-21-11/h3,5,8-10,16H,4,6-7H2,1-2H3,(H,17,20). The molecule has 1 unspecified atom stereocenters. The van der Waals surface area contributed by atoms with Crippen LogP contribution in [-0.4, -0.2) is 28.5 Å². The summed E-state index contributed by atoms with van der Waals surface area (Å²) in [7, 11) is 1.89. The first kappa shape index (κ1) is 16.0. The molecular formula is C14H19ClN4OS. The smallest absolute Gasteiger partial charge is 0.261 e. The zero-order valence-corrected chi connectivity index (χ0v) is 13.7. The van der Waals surface area contributed by atoms with E-state index in [-0.39, 0.29) is 11.9 Å². The SMILES string of the molecule is CC(NCCCNC(=O)c1cccs1)c1ncc(Cl)n1C. The van der Waals surface area contributed by atoms with E-state index in [1.165, 1.54) is 11.3 Å². The zero-order chi connectivity index (χ0) is 15.2. The second-order valence-corrected chi connectivity index (χ2v) is 6.10.